The summed E-state index contributed by atoms with van der Waals surface area (Å²) in [6, 6.07) is -3.82. The van der Waals surface area contributed by atoms with Crippen LogP contribution in [0.1, 0.15) is 150 Å². The predicted octanol–water partition coefficient (Wildman–Crippen LogP) is -2.97. The molecule has 4 rings (SSSR count). The van der Waals surface area contributed by atoms with E-state index in [2.05, 4.69) is 63.5 Å². The number of rotatable bonds is 47. The number of nitrogens with two attached hydrogens (primary N) is 3. The van der Waals surface area contributed by atoms with Gasteiger partial charge in [-0.3, -0.25) is 76.7 Å². The number of aliphatic hydroxyl groups excluding tert-OH is 2. The molecule has 1 fully saturated rings. The van der Waals surface area contributed by atoms with Crippen molar-refractivity contribution in [1.82, 2.24) is 68.4 Å². The predicted molar refractivity (Wildman–Crippen MR) is 391 cm³/mol. The van der Waals surface area contributed by atoms with Gasteiger partial charge in [-0.1, -0.05) is 90.1 Å². The van der Waals surface area contributed by atoms with E-state index < -0.39 is 211 Å². The van der Waals surface area contributed by atoms with E-state index in [1.807, 2.05) is 27.7 Å². The summed E-state index contributed by atoms with van der Waals surface area (Å²) in [5, 5.41) is 69.0. The van der Waals surface area contributed by atoms with Crippen LogP contribution in [0.3, 0.4) is 0 Å². The van der Waals surface area contributed by atoms with Gasteiger partial charge in [0.05, 0.1) is 19.1 Å². The van der Waals surface area contributed by atoms with Crippen molar-refractivity contribution < 1.29 is 97.1 Å². The van der Waals surface area contributed by atoms with Crippen LogP contribution in [0.4, 0.5) is 0 Å². The van der Waals surface area contributed by atoms with Crippen LogP contribution in [0, 0.1) is 17.8 Å². The maximum absolute atomic E-state index is 15.0. The van der Waals surface area contributed by atoms with Gasteiger partial charge in [0.15, 0.2) is 0 Å². The average molecular weight is 1520 g/mol. The zero-order valence-corrected chi connectivity index (χ0v) is 62.2. The van der Waals surface area contributed by atoms with Crippen LogP contribution in [-0.4, -0.2) is 223 Å². The maximum Gasteiger partial charge on any atom is 0.305 e. The van der Waals surface area contributed by atoms with Crippen LogP contribution in [-0.2, 0) is 89.6 Å². The molecule has 3 aromatic rings. The van der Waals surface area contributed by atoms with Crippen molar-refractivity contribution in [3.05, 3.63) is 71.9 Å². The molecule has 13 atom stereocenters. The van der Waals surface area contributed by atoms with Gasteiger partial charge in [0, 0.05) is 56.3 Å². The van der Waals surface area contributed by atoms with Crippen molar-refractivity contribution in [2.24, 2.45) is 35.0 Å². The van der Waals surface area contributed by atoms with Gasteiger partial charge < -0.3 is 106 Å². The van der Waals surface area contributed by atoms with Crippen LogP contribution in [0.2, 0.25) is 0 Å². The molecule has 2 aromatic carbocycles. The highest BCUT2D eigenvalue weighted by molar-refractivity contribution is 6.01. The number of carboxylic acids is 2. The number of hydrogen-bond acceptors (Lipinski definition) is 19. The molecule has 0 unspecified atom stereocenters. The highest BCUT2D eigenvalue weighted by Crippen LogP contribution is 2.23. The van der Waals surface area contributed by atoms with Crippen LogP contribution in [0.5, 0.6) is 0 Å². The third-order valence-corrected chi connectivity index (χ3v) is 17.6. The van der Waals surface area contributed by atoms with E-state index in [1.165, 1.54) is 4.90 Å². The lowest BCUT2D eigenvalue weighted by Crippen LogP contribution is -2.62. The summed E-state index contributed by atoms with van der Waals surface area (Å²) < 4.78 is 0. The summed E-state index contributed by atoms with van der Waals surface area (Å²) >= 11 is 0. The number of likely N-dealkylation sites (tertiary alicyclic amines) is 1. The molecule has 36 heteroatoms. The molecule has 1 aromatic heterocycles. The second-order valence-corrected chi connectivity index (χ2v) is 28.3. The number of aliphatic carboxylic acids is 2. The average Bonchev–Trinajstić information content (AvgIpc) is 1.62. The van der Waals surface area contributed by atoms with Crippen molar-refractivity contribution in [3.8, 4) is 0 Å². The molecular weight excluding hydrogens is 1410 g/mol. The minimum absolute atomic E-state index is 0.0174. The Morgan fingerprint density at radius 3 is 1.47 bits per heavy atom. The zero-order chi connectivity index (χ0) is 80.6. The lowest BCUT2D eigenvalue weighted by Gasteiger charge is -2.31. The second-order valence-electron chi connectivity index (χ2n) is 28.3. The molecule has 596 valence electrons. The van der Waals surface area contributed by atoms with Gasteiger partial charge in [0.2, 0.25) is 82.7 Å². The first-order valence-electron chi connectivity index (χ1n) is 36.1. The number of nitrogens with one attached hydrogen (secondary N) is 12. The summed E-state index contributed by atoms with van der Waals surface area (Å²) in [6.45, 7) is 12.0. The largest absolute Gasteiger partial charge is 0.481 e. The molecule has 22 N–H and O–H groups in total. The third kappa shape index (κ3) is 30.0. The third-order valence-electron chi connectivity index (χ3n) is 17.6. The number of carbonyl (C=O) groups excluding carboxylic acids is 14. The van der Waals surface area contributed by atoms with Crippen LogP contribution >= 0.6 is 0 Å². The molecule has 0 spiro atoms. The van der Waals surface area contributed by atoms with Gasteiger partial charge in [-0.15, -0.1) is 0 Å². The lowest BCUT2D eigenvalue weighted by molar-refractivity contribution is -0.142. The normalized spacial score (nSPS) is 16.1. The Morgan fingerprint density at radius 1 is 0.500 bits per heavy atom. The first kappa shape index (κ1) is 89.8. The number of carbonyl (C=O) groups is 16. The standard InChI is InChI=1S/C72H108N16O20/c1-37(2)29-49(65(101)82-52(33-43-35-76-45-20-13-12-19-44(43)45)68(104)78-46(21-14-15-27-73)62(98)80-50(30-38(3)4)66(102)85-54(31-39(5)6)72(108)88-28-16-22-56(88)61(75)97)81-69(105)53(34-59(95)96)83-70(106)55(36-89)86-67(103)51(32-42-17-10-9-11-18-42)84-71(107)60(40(7)90)87-64(100)48(24-26-58(93)94)79-63(99)47(77-41(8)91)23-25-57(74)92/h9-13,17-20,35,37-40,46-56,60,76,89-90H,14-16,21-34,36,73H2,1-8H3,(H2,74,92)(H2,75,97)(H,77,91)(H,78,104)(H,79,99)(H,80,98)(H,81,105)(H,82,101)(H,83,106)(H,84,107)(H,85,102)(H,86,103)(H,87,100)(H,93,94)(H,95,96)/t40-,46+,47+,48+,49+,50+,51+,52-,53+,54+,55+,56+,60+/m1/s1. The number of hydrogen-bond donors (Lipinski definition) is 19. The smallest absolute Gasteiger partial charge is 0.305 e. The van der Waals surface area contributed by atoms with Crippen molar-refractivity contribution in [3.63, 3.8) is 0 Å². The number of fused-ring (bicyclic) bond motifs is 1. The number of unbranched alkanes of at least 4 members (excludes halogenated alkanes) is 1. The van der Waals surface area contributed by atoms with E-state index in [4.69, 9.17) is 17.2 Å². The van der Waals surface area contributed by atoms with Gasteiger partial charge in [-0.05, 0) is 113 Å². The Kier molecular flexibility index (Phi) is 37.0. The topological polar surface area (TPSA) is 583 Å². The van der Waals surface area contributed by atoms with Crippen LogP contribution < -0.4 is 75.7 Å². The Bertz CT molecular complexity index is 3630. The fraction of sp³-hybridized carbons (Fsp3) is 0.583. The maximum atomic E-state index is 15.0. The van der Waals surface area contributed by atoms with E-state index in [9.17, 15) is 97.1 Å². The van der Waals surface area contributed by atoms with E-state index in [1.54, 1.807) is 74.6 Å². The molecule has 0 radical (unpaired) electrons. The molecule has 1 aliphatic rings. The first-order chi connectivity index (χ1) is 50.9. The van der Waals surface area contributed by atoms with Gasteiger partial charge in [0.1, 0.15) is 72.5 Å². The van der Waals surface area contributed by atoms with Crippen molar-refractivity contribution in [1.29, 1.82) is 0 Å². The Hall–Kier alpha value is -10.6. The van der Waals surface area contributed by atoms with Gasteiger partial charge >= 0.3 is 11.9 Å². The Balaban J connectivity index is 1.63. The Morgan fingerprint density at radius 2 is 0.944 bits per heavy atom. The zero-order valence-electron chi connectivity index (χ0n) is 62.2. The summed E-state index contributed by atoms with van der Waals surface area (Å²) in [4.78, 5) is 222. The number of para-hydroxylation sites is 1. The molecule has 1 saturated heterocycles. The fourth-order valence-corrected chi connectivity index (χ4v) is 12.2. The second kappa shape index (κ2) is 44.5. The van der Waals surface area contributed by atoms with E-state index in [0.29, 0.717) is 47.7 Å². The molecule has 0 aliphatic carbocycles. The first-order valence-corrected chi connectivity index (χ1v) is 36.1. The molecule has 108 heavy (non-hydrogen) atoms. The number of aliphatic hydroxyl groups is 2. The highest BCUT2D eigenvalue weighted by Gasteiger charge is 2.41. The number of aromatic nitrogens is 1. The Labute approximate surface area is 625 Å². The van der Waals surface area contributed by atoms with E-state index >= 15 is 0 Å². The number of benzene rings is 2. The summed E-state index contributed by atoms with van der Waals surface area (Å²) in [5.74, 6) is -17.3. The number of H-pyrrole nitrogens is 1. The van der Waals surface area contributed by atoms with E-state index in [-0.39, 0.29) is 69.9 Å². The monoisotopic (exact) mass is 1520 g/mol. The summed E-state index contributed by atoms with van der Waals surface area (Å²) in [6.07, 6.45) is -2.35. The minimum Gasteiger partial charge on any atom is -0.481 e. The van der Waals surface area contributed by atoms with Crippen LogP contribution in [0.25, 0.3) is 10.9 Å². The van der Waals surface area contributed by atoms with Gasteiger partial charge in [0.25, 0.3) is 0 Å². The number of primary amides is 2. The summed E-state index contributed by atoms with van der Waals surface area (Å²) in [5.41, 5.74) is 18.3. The number of aromatic amines is 1. The highest BCUT2D eigenvalue weighted by atomic mass is 16.4. The van der Waals surface area contributed by atoms with Gasteiger partial charge in [-0.25, -0.2) is 0 Å². The molecule has 1 aliphatic heterocycles. The lowest BCUT2D eigenvalue weighted by atomic mass is 9.98. The van der Waals surface area contributed by atoms with E-state index in [0.717, 1.165) is 13.8 Å². The summed E-state index contributed by atoms with van der Waals surface area (Å²) in [7, 11) is 0. The quantitative estimate of drug-likeness (QED) is 0.0251. The molecule has 36 nitrogen and oxygen atoms in total. The SMILES string of the molecule is CC(=O)N[C@@H](CCC(N)=O)C(=O)N[C@@H](CCC(=O)O)C(=O)N[C@H](C(=O)N[C@@H](Cc1ccccc1)C(=O)N[C@@H](CO)C(=O)N[C@@H](CC(=O)O)C(=O)N[C@@H](CC(C)C)C(=O)N[C@H](Cc1c[nH]c2ccccc12)C(=O)N[C@@H](CCCCN)C(=O)N[C@@H](CC(C)C)C(=O)N[C@@H](CC(C)C)C(=O)N1CCC[C@H]1C(N)=O)[C@@H](C)O. The fourth-order valence-electron chi connectivity index (χ4n) is 12.2. The molecule has 0 bridgehead atoms. The van der Waals surface area contributed by atoms with Crippen molar-refractivity contribution in [2.45, 2.75) is 230 Å². The number of nitrogens with zero attached hydrogens (tertiary/aromatic N) is 1. The minimum atomic E-state index is -2.06. The molecule has 0 saturated carbocycles. The molecular formula is C72H108N16O20. The van der Waals surface area contributed by atoms with Crippen molar-refractivity contribution >= 4 is 106 Å². The van der Waals surface area contributed by atoms with Crippen molar-refractivity contribution in [2.75, 3.05) is 19.7 Å². The van der Waals surface area contributed by atoms with Crippen LogP contribution in [0.15, 0.2) is 60.8 Å². The number of amides is 14. The molecule has 2 heterocycles. The number of carboxylic acid groups (broad SMARTS) is 2. The van der Waals surface area contributed by atoms with Gasteiger partial charge in [-0.2, -0.15) is 0 Å². The molecule has 14 amide bonds.